The average Bonchev–Trinajstić information content (AvgIpc) is 3.15. The molecule has 0 aliphatic heterocycles. The Morgan fingerprint density at radius 2 is 1.79 bits per heavy atom. The van der Waals surface area contributed by atoms with E-state index in [0.717, 1.165) is 22.0 Å². The molecule has 0 aliphatic rings. The van der Waals surface area contributed by atoms with Crippen LogP contribution in [0.1, 0.15) is 42.6 Å². The number of nitrogens with one attached hydrogen (secondary N) is 1. The van der Waals surface area contributed by atoms with Gasteiger partial charge in [0, 0.05) is 24.2 Å². The van der Waals surface area contributed by atoms with Crippen LogP contribution < -0.4 is 11.1 Å². The molecular formula is C21H26Cl2N4OS. The lowest BCUT2D eigenvalue weighted by atomic mass is 9.99. The largest absolute Gasteiger partial charge is 0.354 e. The molecule has 1 unspecified atom stereocenters. The van der Waals surface area contributed by atoms with Crippen molar-refractivity contribution in [1.82, 2.24) is 15.3 Å². The summed E-state index contributed by atoms with van der Waals surface area (Å²) in [5.74, 6) is 0.409. The van der Waals surface area contributed by atoms with Crippen LogP contribution in [0.3, 0.4) is 0 Å². The first-order chi connectivity index (χ1) is 13.0. The number of carbonyl (C=O) groups is 1. The zero-order valence-corrected chi connectivity index (χ0v) is 18.8. The van der Waals surface area contributed by atoms with Crippen LogP contribution >= 0.6 is 36.2 Å². The molecule has 29 heavy (non-hydrogen) atoms. The third-order valence-corrected chi connectivity index (χ3v) is 5.24. The molecule has 3 N–H and O–H groups in total. The normalized spacial score (nSPS) is 11.3. The SMILES string of the molecule is CC(C)c1ccc(C(N)CNC(=O)Cc2csc(-c3ccccn3)n2)cc1.Cl.Cl. The summed E-state index contributed by atoms with van der Waals surface area (Å²) in [6, 6.07) is 13.7. The van der Waals surface area contributed by atoms with Gasteiger partial charge in [0.1, 0.15) is 5.01 Å². The number of hydrogen-bond donors (Lipinski definition) is 2. The van der Waals surface area contributed by atoms with E-state index in [1.807, 2.05) is 35.7 Å². The van der Waals surface area contributed by atoms with E-state index in [1.54, 1.807) is 6.20 Å². The summed E-state index contributed by atoms with van der Waals surface area (Å²) < 4.78 is 0. The summed E-state index contributed by atoms with van der Waals surface area (Å²) in [4.78, 5) is 21.0. The van der Waals surface area contributed by atoms with Crippen molar-refractivity contribution in [3.63, 3.8) is 0 Å². The topological polar surface area (TPSA) is 80.9 Å². The molecule has 2 heterocycles. The molecule has 5 nitrogen and oxygen atoms in total. The number of rotatable bonds is 7. The Bertz CT molecular complexity index is 885. The van der Waals surface area contributed by atoms with E-state index in [4.69, 9.17) is 5.73 Å². The van der Waals surface area contributed by atoms with E-state index < -0.39 is 0 Å². The predicted molar refractivity (Wildman–Crippen MR) is 124 cm³/mol. The van der Waals surface area contributed by atoms with E-state index in [-0.39, 0.29) is 43.2 Å². The molecule has 3 rings (SSSR count). The van der Waals surface area contributed by atoms with Crippen LogP contribution in [0.5, 0.6) is 0 Å². The van der Waals surface area contributed by atoms with Crippen LogP contribution in [0.2, 0.25) is 0 Å². The molecule has 0 bridgehead atoms. The van der Waals surface area contributed by atoms with E-state index in [1.165, 1.54) is 16.9 Å². The number of hydrogen-bond acceptors (Lipinski definition) is 5. The maximum atomic E-state index is 12.2. The average molecular weight is 453 g/mol. The van der Waals surface area contributed by atoms with Crippen molar-refractivity contribution in [1.29, 1.82) is 0 Å². The first-order valence-corrected chi connectivity index (χ1v) is 9.89. The molecule has 3 aromatic rings. The van der Waals surface area contributed by atoms with E-state index >= 15 is 0 Å². The maximum Gasteiger partial charge on any atom is 0.226 e. The molecule has 1 aromatic carbocycles. The zero-order chi connectivity index (χ0) is 19.2. The van der Waals surface area contributed by atoms with Gasteiger partial charge in [0.2, 0.25) is 5.91 Å². The van der Waals surface area contributed by atoms with Crippen LogP contribution in [-0.4, -0.2) is 22.4 Å². The Labute approximate surface area is 188 Å². The minimum atomic E-state index is -0.227. The Balaban J connectivity index is 0.00000210. The van der Waals surface area contributed by atoms with Gasteiger partial charge in [0.05, 0.1) is 17.8 Å². The second-order valence-electron chi connectivity index (χ2n) is 6.77. The molecule has 0 saturated carbocycles. The van der Waals surface area contributed by atoms with Crippen LogP contribution in [0.15, 0.2) is 54.0 Å². The standard InChI is InChI=1S/C21H24N4OS.2ClH/c1-14(2)15-6-8-16(9-7-15)18(22)12-24-20(26)11-17-13-27-21(25-17)19-5-3-4-10-23-19;;/h3-10,13-14,18H,11-12,22H2,1-2H3,(H,24,26);2*1H. The number of amides is 1. The van der Waals surface area contributed by atoms with Gasteiger partial charge in [-0.2, -0.15) is 0 Å². The Kier molecular flexibility index (Phi) is 10.3. The molecule has 156 valence electrons. The van der Waals surface area contributed by atoms with Gasteiger partial charge in [-0.3, -0.25) is 9.78 Å². The van der Waals surface area contributed by atoms with Crippen molar-refractivity contribution < 1.29 is 4.79 Å². The lowest BCUT2D eigenvalue weighted by Gasteiger charge is -2.14. The molecule has 0 spiro atoms. The van der Waals surface area contributed by atoms with Gasteiger partial charge < -0.3 is 11.1 Å². The quantitative estimate of drug-likeness (QED) is 0.551. The highest BCUT2D eigenvalue weighted by molar-refractivity contribution is 7.13. The van der Waals surface area contributed by atoms with Crippen molar-refractivity contribution in [3.05, 3.63) is 70.9 Å². The number of nitrogens with two attached hydrogens (primary N) is 1. The smallest absolute Gasteiger partial charge is 0.226 e. The first-order valence-electron chi connectivity index (χ1n) is 9.01. The number of aromatic nitrogens is 2. The first kappa shape index (κ1) is 25.0. The highest BCUT2D eigenvalue weighted by Crippen LogP contribution is 2.21. The Morgan fingerprint density at radius 1 is 1.10 bits per heavy atom. The van der Waals surface area contributed by atoms with Gasteiger partial charge in [-0.25, -0.2) is 4.98 Å². The van der Waals surface area contributed by atoms with Crippen LogP contribution in [0.25, 0.3) is 10.7 Å². The van der Waals surface area contributed by atoms with Gasteiger partial charge in [-0.15, -0.1) is 36.2 Å². The molecule has 0 aliphatic carbocycles. The lowest BCUT2D eigenvalue weighted by molar-refractivity contribution is -0.120. The molecule has 0 fully saturated rings. The number of thiazole rings is 1. The van der Waals surface area contributed by atoms with Crippen molar-refractivity contribution in [2.45, 2.75) is 32.2 Å². The molecule has 1 amide bonds. The van der Waals surface area contributed by atoms with Crippen molar-refractivity contribution in [2.24, 2.45) is 5.73 Å². The predicted octanol–water partition coefficient (Wildman–Crippen LogP) is 4.53. The Morgan fingerprint density at radius 3 is 2.41 bits per heavy atom. The second kappa shape index (κ2) is 11.9. The zero-order valence-electron chi connectivity index (χ0n) is 16.4. The minimum absolute atomic E-state index is 0. The van der Waals surface area contributed by atoms with Crippen molar-refractivity contribution in [2.75, 3.05) is 6.54 Å². The Hall–Kier alpha value is -1.99. The molecule has 1 atom stereocenters. The maximum absolute atomic E-state index is 12.2. The number of benzene rings is 1. The number of carbonyl (C=O) groups excluding carboxylic acids is 1. The number of halogens is 2. The van der Waals surface area contributed by atoms with Crippen LogP contribution in [0, 0.1) is 0 Å². The fraction of sp³-hybridized carbons (Fsp3) is 0.286. The number of nitrogens with zero attached hydrogens (tertiary/aromatic N) is 2. The van der Waals surface area contributed by atoms with Crippen molar-refractivity contribution >= 4 is 42.1 Å². The lowest BCUT2D eigenvalue weighted by Crippen LogP contribution is -2.32. The number of pyridine rings is 1. The second-order valence-corrected chi connectivity index (χ2v) is 7.63. The highest BCUT2D eigenvalue weighted by atomic mass is 35.5. The molecular weight excluding hydrogens is 427 g/mol. The monoisotopic (exact) mass is 452 g/mol. The van der Waals surface area contributed by atoms with Gasteiger partial charge in [-0.1, -0.05) is 44.2 Å². The summed E-state index contributed by atoms with van der Waals surface area (Å²) in [6.07, 6.45) is 1.97. The fourth-order valence-electron chi connectivity index (χ4n) is 2.69. The van der Waals surface area contributed by atoms with Gasteiger partial charge >= 0.3 is 0 Å². The van der Waals surface area contributed by atoms with E-state index in [9.17, 15) is 4.79 Å². The van der Waals surface area contributed by atoms with Crippen LogP contribution in [-0.2, 0) is 11.2 Å². The molecule has 0 saturated heterocycles. The van der Waals surface area contributed by atoms with Gasteiger partial charge in [0.25, 0.3) is 0 Å². The summed E-state index contributed by atoms with van der Waals surface area (Å²) >= 11 is 1.49. The van der Waals surface area contributed by atoms with Gasteiger partial charge in [-0.05, 0) is 29.2 Å². The van der Waals surface area contributed by atoms with E-state index in [0.29, 0.717) is 12.5 Å². The van der Waals surface area contributed by atoms with Crippen molar-refractivity contribution in [3.8, 4) is 10.7 Å². The third-order valence-electron chi connectivity index (χ3n) is 4.33. The fourth-order valence-corrected chi connectivity index (χ4v) is 3.49. The summed E-state index contributed by atoms with van der Waals surface area (Å²) in [6.45, 7) is 4.72. The minimum Gasteiger partial charge on any atom is -0.354 e. The highest BCUT2D eigenvalue weighted by Gasteiger charge is 2.12. The summed E-state index contributed by atoms with van der Waals surface area (Å²) in [5, 5.41) is 5.62. The third kappa shape index (κ3) is 7.08. The summed E-state index contributed by atoms with van der Waals surface area (Å²) in [7, 11) is 0. The van der Waals surface area contributed by atoms with E-state index in [2.05, 4.69) is 41.3 Å². The molecule has 0 radical (unpaired) electrons. The molecule has 2 aromatic heterocycles. The van der Waals surface area contributed by atoms with Gasteiger partial charge in [0.15, 0.2) is 0 Å². The van der Waals surface area contributed by atoms with Crippen LogP contribution in [0.4, 0.5) is 0 Å². The molecule has 8 heteroatoms. The summed E-state index contributed by atoms with van der Waals surface area (Å²) in [5.41, 5.74) is 10.1.